The Morgan fingerprint density at radius 3 is 2.45 bits per heavy atom. The molecule has 0 amide bonds. The molecule has 0 saturated heterocycles. The minimum atomic E-state index is -4.52. The number of carboxylic acids is 1. The fraction of sp³-hybridized carbons (Fsp3) is 0.364. The molecule has 1 unspecified atom stereocenters. The van der Waals surface area contributed by atoms with E-state index in [0.717, 1.165) is 6.07 Å². The zero-order valence-corrected chi connectivity index (χ0v) is 12.3. The number of ether oxygens (including phenoxy) is 1. The number of aromatic carboxylic acids is 1. The smallest absolute Gasteiger partial charge is 0.337 e. The number of hydrogen-bond donors (Lipinski definition) is 3. The second kappa shape index (κ2) is 6.40. The van der Waals surface area contributed by atoms with Gasteiger partial charge in [-0.25, -0.2) is 4.79 Å². The maximum absolute atomic E-state index is 11.2. The van der Waals surface area contributed by atoms with Gasteiger partial charge in [0.15, 0.2) is 0 Å². The Hall–Kier alpha value is -1.35. The average molecular weight is 324 g/mol. The standard InChI is InChI=1S/C11H14ClNO6S/c1-6(2)19-11(20(16,17)18)13-7-3-4-9(12)8(5-7)10(14)15/h3-6,11,13H,1-2H3,(H,14,15)(H,16,17,18). The molecule has 0 saturated carbocycles. The minimum absolute atomic E-state index is 0.0104. The lowest BCUT2D eigenvalue weighted by atomic mass is 10.2. The van der Waals surface area contributed by atoms with Crippen molar-refractivity contribution < 1.29 is 27.6 Å². The van der Waals surface area contributed by atoms with E-state index >= 15 is 0 Å². The minimum Gasteiger partial charge on any atom is -0.478 e. The van der Waals surface area contributed by atoms with E-state index in [1.54, 1.807) is 13.8 Å². The van der Waals surface area contributed by atoms with Gasteiger partial charge in [-0.1, -0.05) is 11.6 Å². The summed E-state index contributed by atoms with van der Waals surface area (Å²) < 4.78 is 36.4. The molecule has 0 aliphatic carbocycles. The molecule has 0 aromatic heterocycles. The number of halogens is 1. The Bertz CT molecular complexity index is 601. The van der Waals surface area contributed by atoms with Gasteiger partial charge in [0.05, 0.1) is 16.7 Å². The Kier molecular flexibility index (Phi) is 5.35. The predicted molar refractivity (Wildman–Crippen MR) is 73.6 cm³/mol. The number of hydrogen-bond acceptors (Lipinski definition) is 5. The highest BCUT2D eigenvalue weighted by molar-refractivity contribution is 7.86. The molecule has 7 nitrogen and oxygen atoms in total. The van der Waals surface area contributed by atoms with Gasteiger partial charge in [-0.3, -0.25) is 4.55 Å². The molecule has 1 rings (SSSR count). The van der Waals surface area contributed by atoms with Crippen molar-refractivity contribution in [2.75, 3.05) is 5.32 Å². The molecule has 3 N–H and O–H groups in total. The molecule has 0 spiro atoms. The highest BCUT2D eigenvalue weighted by Gasteiger charge is 2.25. The van der Waals surface area contributed by atoms with E-state index in [0.29, 0.717) is 0 Å². The maximum Gasteiger partial charge on any atom is 0.337 e. The summed E-state index contributed by atoms with van der Waals surface area (Å²) in [6.45, 7) is 3.18. The van der Waals surface area contributed by atoms with Crippen molar-refractivity contribution in [2.24, 2.45) is 0 Å². The van der Waals surface area contributed by atoms with Crippen LogP contribution in [-0.2, 0) is 14.9 Å². The van der Waals surface area contributed by atoms with Crippen molar-refractivity contribution in [3.63, 3.8) is 0 Å². The summed E-state index contributed by atoms with van der Waals surface area (Å²) in [6, 6.07) is 3.81. The normalized spacial score (nSPS) is 13.2. The first-order valence-electron chi connectivity index (χ1n) is 5.52. The third-order valence-corrected chi connectivity index (χ3v) is 3.25. The van der Waals surface area contributed by atoms with Gasteiger partial charge < -0.3 is 15.2 Å². The van der Waals surface area contributed by atoms with Crippen molar-refractivity contribution in [3.8, 4) is 0 Å². The van der Waals surface area contributed by atoms with Gasteiger partial charge in [0.25, 0.3) is 5.56 Å². The number of benzene rings is 1. The molecular formula is C11H14ClNO6S. The Labute approximate surface area is 121 Å². The van der Waals surface area contributed by atoms with Crippen LogP contribution in [0.25, 0.3) is 0 Å². The van der Waals surface area contributed by atoms with E-state index in [9.17, 15) is 13.2 Å². The molecule has 1 aromatic carbocycles. The molecular weight excluding hydrogens is 310 g/mol. The van der Waals surface area contributed by atoms with Gasteiger partial charge in [-0.05, 0) is 32.0 Å². The maximum atomic E-state index is 11.2. The summed E-state index contributed by atoms with van der Waals surface area (Å²) in [7, 11) is -4.52. The lowest BCUT2D eigenvalue weighted by Gasteiger charge is -2.20. The number of anilines is 1. The number of nitrogens with one attached hydrogen (secondary N) is 1. The summed E-state index contributed by atoms with van der Waals surface area (Å²) in [5.74, 6) is -1.26. The van der Waals surface area contributed by atoms with Crippen LogP contribution < -0.4 is 5.32 Å². The summed E-state index contributed by atoms with van der Waals surface area (Å²) >= 11 is 5.69. The summed E-state index contributed by atoms with van der Waals surface area (Å²) in [5.41, 5.74) is -1.77. The van der Waals surface area contributed by atoms with Crippen molar-refractivity contribution in [3.05, 3.63) is 28.8 Å². The molecule has 112 valence electrons. The molecule has 0 radical (unpaired) electrons. The van der Waals surface area contributed by atoms with Gasteiger partial charge >= 0.3 is 16.1 Å². The molecule has 9 heteroatoms. The SMILES string of the molecule is CC(C)OC(Nc1ccc(Cl)c(C(=O)O)c1)S(=O)(=O)O. The fourth-order valence-corrected chi connectivity index (χ4v) is 2.19. The highest BCUT2D eigenvalue weighted by Crippen LogP contribution is 2.22. The van der Waals surface area contributed by atoms with E-state index in [1.165, 1.54) is 12.1 Å². The number of rotatable bonds is 6. The third kappa shape index (κ3) is 4.64. The quantitative estimate of drug-likeness (QED) is 0.542. The van der Waals surface area contributed by atoms with Crippen LogP contribution in [0.3, 0.4) is 0 Å². The van der Waals surface area contributed by atoms with E-state index in [4.69, 9.17) is 26.0 Å². The number of carboxylic acid groups (broad SMARTS) is 1. The first kappa shape index (κ1) is 16.7. The largest absolute Gasteiger partial charge is 0.478 e. The first-order valence-corrected chi connectivity index (χ1v) is 7.40. The van der Waals surface area contributed by atoms with Crippen LogP contribution in [0.15, 0.2) is 18.2 Å². The summed E-state index contributed by atoms with van der Waals surface area (Å²) in [6.07, 6.45) is -0.472. The van der Waals surface area contributed by atoms with Crippen LogP contribution in [0.2, 0.25) is 5.02 Å². The van der Waals surface area contributed by atoms with Crippen LogP contribution >= 0.6 is 11.6 Å². The topological polar surface area (TPSA) is 113 Å². The zero-order chi connectivity index (χ0) is 15.5. The van der Waals surface area contributed by atoms with E-state index < -0.39 is 27.8 Å². The van der Waals surface area contributed by atoms with Crippen molar-refractivity contribution in [2.45, 2.75) is 25.5 Å². The lowest BCUT2D eigenvalue weighted by Crippen LogP contribution is -2.34. The van der Waals surface area contributed by atoms with Gasteiger partial charge in [0, 0.05) is 5.69 Å². The van der Waals surface area contributed by atoms with E-state index in [-0.39, 0.29) is 16.3 Å². The van der Waals surface area contributed by atoms with Crippen LogP contribution in [0.5, 0.6) is 0 Å². The van der Waals surface area contributed by atoms with Crippen molar-refractivity contribution >= 4 is 33.4 Å². The highest BCUT2D eigenvalue weighted by atomic mass is 35.5. The van der Waals surface area contributed by atoms with Gasteiger partial charge in [0.1, 0.15) is 0 Å². The Balaban J connectivity index is 3.06. The Morgan fingerprint density at radius 2 is 2.00 bits per heavy atom. The average Bonchev–Trinajstić information content (AvgIpc) is 2.28. The van der Waals surface area contributed by atoms with Crippen LogP contribution in [-0.4, -0.2) is 35.7 Å². The van der Waals surface area contributed by atoms with E-state index in [2.05, 4.69) is 5.32 Å². The van der Waals surface area contributed by atoms with E-state index in [1.807, 2.05) is 0 Å². The number of carbonyl (C=O) groups is 1. The summed E-state index contributed by atoms with van der Waals surface area (Å²) in [5, 5.41) is 11.3. The second-order valence-electron chi connectivity index (χ2n) is 4.18. The Morgan fingerprint density at radius 1 is 1.40 bits per heavy atom. The van der Waals surface area contributed by atoms with Crippen LogP contribution in [0.1, 0.15) is 24.2 Å². The summed E-state index contributed by atoms with van der Waals surface area (Å²) in [4.78, 5) is 10.9. The van der Waals surface area contributed by atoms with Gasteiger partial charge in [0.2, 0.25) is 0 Å². The molecule has 0 aliphatic rings. The molecule has 0 aliphatic heterocycles. The van der Waals surface area contributed by atoms with Crippen LogP contribution in [0, 0.1) is 0 Å². The van der Waals surface area contributed by atoms with Crippen LogP contribution in [0.4, 0.5) is 5.69 Å². The van der Waals surface area contributed by atoms with Crippen molar-refractivity contribution in [1.29, 1.82) is 0 Å². The lowest BCUT2D eigenvalue weighted by molar-refractivity contribution is 0.0629. The molecule has 0 fully saturated rings. The monoisotopic (exact) mass is 323 g/mol. The molecule has 20 heavy (non-hydrogen) atoms. The molecule has 0 heterocycles. The van der Waals surface area contributed by atoms with Gasteiger partial charge in [-0.2, -0.15) is 8.42 Å². The molecule has 1 aromatic rings. The fourth-order valence-electron chi connectivity index (χ4n) is 1.34. The predicted octanol–water partition coefficient (Wildman–Crippen LogP) is 2.05. The first-order chi connectivity index (χ1) is 9.11. The zero-order valence-electron chi connectivity index (χ0n) is 10.7. The molecule has 1 atom stereocenters. The molecule has 0 bridgehead atoms. The van der Waals surface area contributed by atoms with Gasteiger partial charge in [-0.15, -0.1) is 0 Å². The second-order valence-corrected chi connectivity index (χ2v) is 6.04. The van der Waals surface area contributed by atoms with Crippen molar-refractivity contribution in [1.82, 2.24) is 0 Å². The third-order valence-electron chi connectivity index (χ3n) is 2.15.